The van der Waals surface area contributed by atoms with E-state index in [1.54, 1.807) is 6.92 Å². The molecule has 0 spiro atoms. The first-order valence-electron chi connectivity index (χ1n) is 6.27. The Morgan fingerprint density at radius 1 is 1.25 bits per heavy atom. The molecule has 104 valence electrons. The fraction of sp³-hybridized carbons (Fsp3) is 0.286. The van der Waals surface area contributed by atoms with E-state index in [4.69, 9.17) is 5.73 Å². The lowest BCUT2D eigenvalue weighted by molar-refractivity contribution is 0.584. The lowest BCUT2D eigenvalue weighted by Gasteiger charge is -2.12. The molecule has 0 aliphatic heterocycles. The normalized spacial score (nSPS) is 14.6. The number of nitrogen functional groups attached to an aromatic ring is 1. The second-order valence-corrected chi connectivity index (χ2v) is 5.79. The lowest BCUT2D eigenvalue weighted by Crippen LogP contribution is -2.06. The zero-order valence-corrected chi connectivity index (χ0v) is 12.3. The molecular weight excluding hydrogens is 328 g/mol. The van der Waals surface area contributed by atoms with E-state index in [2.05, 4.69) is 25.9 Å². The van der Waals surface area contributed by atoms with E-state index in [0.29, 0.717) is 11.4 Å². The number of anilines is 1. The van der Waals surface area contributed by atoms with E-state index in [9.17, 15) is 8.78 Å². The summed E-state index contributed by atoms with van der Waals surface area (Å²) < 4.78 is 28.4. The molecule has 1 fully saturated rings. The summed E-state index contributed by atoms with van der Waals surface area (Å²) in [6.45, 7) is 1.67. The number of aromatic nitrogens is 2. The molecule has 0 bridgehead atoms. The molecule has 1 aromatic carbocycles. The summed E-state index contributed by atoms with van der Waals surface area (Å²) in [6.07, 6.45) is 1.98. The monoisotopic (exact) mass is 339 g/mol. The van der Waals surface area contributed by atoms with Crippen molar-refractivity contribution < 1.29 is 8.78 Å². The zero-order valence-electron chi connectivity index (χ0n) is 10.8. The number of benzene rings is 1. The third-order valence-corrected chi connectivity index (χ3v) is 4.04. The smallest absolute Gasteiger partial charge is 0.149 e. The standard InChI is InChI=1S/C14H12BrF2N3/c1-6-12(10-9(16)5-4-8(15)11(10)17)19-14(7-2-3-7)20-13(6)18/h4-5,7H,2-3H2,1H3,(H2,18,19,20). The van der Waals surface area contributed by atoms with Crippen molar-refractivity contribution in [3.63, 3.8) is 0 Å². The second-order valence-electron chi connectivity index (χ2n) is 4.93. The molecule has 6 heteroatoms. The fourth-order valence-corrected chi connectivity index (χ4v) is 2.39. The van der Waals surface area contributed by atoms with Crippen molar-refractivity contribution >= 4 is 21.7 Å². The van der Waals surface area contributed by atoms with E-state index in [1.807, 2.05) is 0 Å². The summed E-state index contributed by atoms with van der Waals surface area (Å²) in [7, 11) is 0. The van der Waals surface area contributed by atoms with Crippen molar-refractivity contribution in [2.75, 3.05) is 5.73 Å². The summed E-state index contributed by atoms with van der Waals surface area (Å²) in [4.78, 5) is 8.55. The quantitative estimate of drug-likeness (QED) is 0.842. The number of nitrogens with two attached hydrogens (primary N) is 1. The van der Waals surface area contributed by atoms with Crippen LogP contribution < -0.4 is 5.73 Å². The maximum absolute atomic E-state index is 14.2. The molecule has 0 saturated heterocycles. The Morgan fingerprint density at radius 2 is 1.95 bits per heavy atom. The Balaban J connectivity index is 2.26. The van der Waals surface area contributed by atoms with Crippen molar-refractivity contribution in [1.29, 1.82) is 0 Å². The highest BCUT2D eigenvalue weighted by Crippen LogP contribution is 2.40. The minimum absolute atomic E-state index is 0.159. The fourth-order valence-electron chi connectivity index (χ4n) is 2.06. The van der Waals surface area contributed by atoms with Crippen molar-refractivity contribution in [3.05, 3.63) is 39.6 Å². The molecule has 1 heterocycles. The van der Waals surface area contributed by atoms with Crippen molar-refractivity contribution in [2.45, 2.75) is 25.7 Å². The van der Waals surface area contributed by atoms with Gasteiger partial charge in [0.25, 0.3) is 0 Å². The first-order valence-corrected chi connectivity index (χ1v) is 7.06. The van der Waals surface area contributed by atoms with Crippen LogP contribution in [0.1, 0.15) is 30.1 Å². The number of nitrogens with zero attached hydrogens (tertiary/aromatic N) is 2. The largest absolute Gasteiger partial charge is 0.383 e. The average Bonchev–Trinajstić information content (AvgIpc) is 3.23. The van der Waals surface area contributed by atoms with E-state index in [-0.39, 0.29) is 27.5 Å². The van der Waals surface area contributed by atoms with Gasteiger partial charge in [0.05, 0.1) is 15.7 Å². The van der Waals surface area contributed by atoms with E-state index >= 15 is 0 Å². The van der Waals surface area contributed by atoms with Gasteiger partial charge >= 0.3 is 0 Å². The number of halogens is 3. The molecule has 0 amide bonds. The molecular formula is C14H12BrF2N3. The molecule has 0 radical (unpaired) electrons. The van der Waals surface area contributed by atoms with Crippen LogP contribution in [-0.2, 0) is 0 Å². The topological polar surface area (TPSA) is 51.8 Å². The van der Waals surface area contributed by atoms with E-state index in [0.717, 1.165) is 12.8 Å². The molecule has 0 atom stereocenters. The Labute approximate surface area is 123 Å². The second kappa shape index (κ2) is 4.77. The van der Waals surface area contributed by atoms with Gasteiger partial charge in [-0.3, -0.25) is 0 Å². The molecule has 0 unspecified atom stereocenters. The van der Waals surface area contributed by atoms with Gasteiger partial charge in [0.15, 0.2) is 0 Å². The average molecular weight is 340 g/mol. The number of hydrogen-bond donors (Lipinski definition) is 1. The van der Waals surface area contributed by atoms with Crippen LogP contribution in [0.15, 0.2) is 16.6 Å². The molecule has 3 nitrogen and oxygen atoms in total. The van der Waals surface area contributed by atoms with Crippen LogP contribution in [-0.4, -0.2) is 9.97 Å². The van der Waals surface area contributed by atoms with Crippen LogP contribution in [0.3, 0.4) is 0 Å². The summed E-state index contributed by atoms with van der Waals surface area (Å²) in [5, 5.41) is 0. The molecule has 1 aliphatic rings. The van der Waals surface area contributed by atoms with E-state index < -0.39 is 11.6 Å². The van der Waals surface area contributed by atoms with Crippen LogP contribution in [0, 0.1) is 18.6 Å². The Kier molecular flexibility index (Phi) is 3.20. The molecule has 3 rings (SSSR count). The summed E-state index contributed by atoms with van der Waals surface area (Å²) in [5.41, 5.74) is 6.42. The van der Waals surface area contributed by atoms with Gasteiger partial charge < -0.3 is 5.73 Å². The third kappa shape index (κ3) is 2.18. The maximum atomic E-state index is 14.2. The van der Waals surface area contributed by atoms with Crippen LogP contribution in [0.5, 0.6) is 0 Å². The number of rotatable bonds is 2. The predicted molar refractivity (Wildman–Crippen MR) is 76.2 cm³/mol. The SMILES string of the molecule is Cc1c(N)nc(C2CC2)nc1-c1c(F)ccc(Br)c1F. The molecule has 2 aromatic rings. The molecule has 1 aromatic heterocycles. The molecule has 2 N–H and O–H groups in total. The van der Waals surface area contributed by atoms with Gasteiger partial charge in [-0.15, -0.1) is 0 Å². The number of hydrogen-bond acceptors (Lipinski definition) is 3. The van der Waals surface area contributed by atoms with Crippen molar-refractivity contribution in [1.82, 2.24) is 9.97 Å². The summed E-state index contributed by atoms with van der Waals surface area (Å²) in [6, 6.07) is 2.53. The van der Waals surface area contributed by atoms with Crippen LogP contribution in [0.2, 0.25) is 0 Å². The third-order valence-electron chi connectivity index (χ3n) is 3.42. The first kappa shape index (κ1) is 13.4. The van der Waals surface area contributed by atoms with Crippen LogP contribution in [0.25, 0.3) is 11.3 Å². The summed E-state index contributed by atoms with van der Waals surface area (Å²) >= 11 is 3.06. The summed E-state index contributed by atoms with van der Waals surface area (Å²) in [5.74, 6) is -0.228. The first-order chi connectivity index (χ1) is 9.49. The predicted octanol–water partition coefficient (Wildman–Crippen LogP) is 3.95. The van der Waals surface area contributed by atoms with Gasteiger partial charge in [-0.1, -0.05) is 0 Å². The highest BCUT2D eigenvalue weighted by Gasteiger charge is 2.29. The Morgan fingerprint density at radius 3 is 2.60 bits per heavy atom. The van der Waals surface area contributed by atoms with Crippen LogP contribution in [0.4, 0.5) is 14.6 Å². The van der Waals surface area contributed by atoms with Gasteiger partial charge in [0, 0.05) is 11.5 Å². The van der Waals surface area contributed by atoms with Crippen LogP contribution >= 0.6 is 15.9 Å². The Bertz CT molecular complexity index is 699. The lowest BCUT2D eigenvalue weighted by atomic mass is 10.1. The van der Waals surface area contributed by atoms with E-state index in [1.165, 1.54) is 12.1 Å². The highest BCUT2D eigenvalue weighted by atomic mass is 79.9. The van der Waals surface area contributed by atoms with Gasteiger partial charge in [0.1, 0.15) is 23.3 Å². The van der Waals surface area contributed by atoms with Gasteiger partial charge in [-0.25, -0.2) is 18.7 Å². The van der Waals surface area contributed by atoms with Gasteiger partial charge in [-0.2, -0.15) is 0 Å². The highest BCUT2D eigenvalue weighted by molar-refractivity contribution is 9.10. The van der Waals surface area contributed by atoms with Crippen molar-refractivity contribution in [3.8, 4) is 11.3 Å². The molecule has 20 heavy (non-hydrogen) atoms. The minimum atomic E-state index is -0.673. The minimum Gasteiger partial charge on any atom is -0.383 e. The van der Waals surface area contributed by atoms with Gasteiger partial charge in [0.2, 0.25) is 0 Å². The molecule has 1 saturated carbocycles. The maximum Gasteiger partial charge on any atom is 0.149 e. The Hall–Kier alpha value is -1.56. The van der Waals surface area contributed by atoms with Gasteiger partial charge in [-0.05, 0) is 47.8 Å². The van der Waals surface area contributed by atoms with Crippen molar-refractivity contribution in [2.24, 2.45) is 0 Å². The molecule has 1 aliphatic carbocycles. The zero-order chi connectivity index (χ0) is 14.4.